The molecule has 1 aliphatic carbocycles. The SMILES string of the molecule is O=C(CC(O)c1ccccc1)N(Cc1ccc(O)cc1)CC1CC1. The molecule has 0 aliphatic heterocycles. The number of phenols is 1. The lowest BCUT2D eigenvalue weighted by molar-refractivity contribution is -0.134. The third-order valence-electron chi connectivity index (χ3n) is 4.39. The summed E-state index contributed by atoms with van der Waals surface area (Å²) in [4.78, 5) is 14.5. The Morgan fingerprint density at radius 1 is 1.08 bits per heavy atom. The van der Waals surface area contributed by atoms with E-state index in [0.29, 0.717) is 12.5 Å². The molecule has 24 heavy (non-hydrogen) atoms. The minimum Gasteiger partial charge on any atom is -0.508 e. The number of carbonyl (C=O) groups is 1. The van der Waals surface area contributed by atoms with Gasteiger partial charge in [0.2, 0.25) is 5.91 Å². The summed E-state index contributed by atoms with van der Waals surface area (Å²) in [5, 5.41) is 19.7. The first-order valence-electron chi connectivity index (χ1n) is 8.40. The fourth-order valence-electron chi connectivity index (χ4n) is 2.78. The highest BCUT2D eigenvalue weighted by Gasteiger charge is 2.27. The molecule has 1 saturated carbocycles. The number of nitrogens with zero attached hydrogens (tertiary/aromatic N) is 1. The standard InChI is InChI=1S/C20H23NO3/c22-18-10-8-16(9-11-18)14-21(13-15-6-7-15)20(24)12-19(23)17-4-2-1-3-5-17/h1-5,8-11,15,19,22-23H,6-7,12-14H2. The van der Waals surface area contributed by atoms with Crippen molar-refractivity contribution in [3.63, 3.8) is 0 Å². The van der Waals surface area contributed by atoms with Crippen LogP contribution in [-0.4, -0.2) is 27.6 Å². The van der Waals surface area contributed by atoms with Crippen molar-refractivity contribution in [2.75, 3.05) is 6.54 Å². The van der Waals surface area contributed by atoms with Crippen molar-refractivity contribution in [2.24, 2.45) is 5.92 Å². The molecule has 0 heterocycles. The quantitative estimate of drug-likeness (QED) is 0.821. The number of aliphatic hydroxyl groups excluding tert-OH is 1. The second-order valence-corrected chi connectivity index (χ2v) is 6.51. The van der Waals surface area contributed by atoms with Gasteiger partial charge in [-0.25, -0.2) is 0 Å². The van der Waals surface area contributed by atoms with Gasteiger partial charge in [0, 0.05) is 13.1 Å². The van der Waals surface area contributed by atoms with Crippen LogP contribution in [0.15, 0.2) is 54.6 Å². The van der Waals surface area contributed by atoms with Crippen LogP contribution in [-0.2, 0) is 11.3 Å². The van der Waals surface area contributed by atoms with Crippen LogP contribution in [0.4, 0.5) is 0 Å². The fraction of sp³-hybridized carbons (Fsp3) is 0.350. The van der Waals surface area contributed by atoms with E-state index in [0.717, 1.165) is 17.7 Å². The molecule has 1 aliphatic rings. The van der Waals surface area contributed by atoms with E-state index in [4.69, 9.17) is 0 Å². The lowest BCUT2D eigenvalue weighted by Gasteiger charge is -2.24. The fourth-order valence-corrected chi connectivity index (χ4v) is 2.78. The molecule has 3 rings (SSSR count). The number of amides is 1. The van der Waals surface area contributed by atoms with E-state index in [1.807, 2.05) is 47.4 Å². The van der Waals surface area contributed by atoms with Crippen LogP contribution in [0.25, 0.3) is 0 Å². The zero-order valence-corrected chi connectivity index (χ0v) is 13.6. The summed E-state index contributed by atoms with van der Waals surface area (Å²) in [6.07, 6.45) is 1.65. The Labute approximate surface area is 142 Å². The van der Waals surface area contributed by atoms with Gasteiger partial charge < -0.3 is 15.1 Å². The van der Waals surface area contributed by atoms with Gasteiger partial charge in [0.15, 0.2) is 0 Å². The molecular weight excluding hydrogens is 302 g/mol. The molecule has 0 spiro atoms. The van der Waals surface area contributed by atoms with Gasteiger partial charge in [-0.05, 0) is 42.0 Å². The molecule has 4 nitrogen and oxygen atoms in total. The second-order valence-electron chi connectivity index (χ2n) is 6.51. The molecule has 2 N–H and O–H groups in total. The number of aliphatic hydroxyl groups is 1. The first-order valence-corrected chi connectivity index (χ1v) is 8.40. The van der Waals surface area contributed by atoms with Crippen LogP contribution >= 0.6 is 0 Å². The van der Waals surface area contributed by atoms with Crippen LogP contribution in [0.5, 0.6) is 5.75 Å². The van der Waals surface area contributed by atoms with Gasteiger partial charge in [-0.2, -0.15) is 0 Å². The highest BCUT2D eigenvalue weighted by molar-refractivity contribution is 5.77. The average Bonchev–Trinajstić information content (AvgIpc) is 3.41. The van der Waals surface area contributed by atoms with Gasteiger partial charge in [0.05, 0.1) is 12.5 Å². The predicted molar refractivity (Wildman–Crippen MR) is 92.3 cm³/mol. The predicted octanol–water partition coefficient (Wildman–Crippen LogP) is 3.25. The van der Waals surface area contributed by atoms with E-state index < -0.39 is 6.10 Å². The highest BCUT2D eigenvalue weighted by atomic mass is 16.3. The highest BCUT2D eigenvalue weighted by Crippen LogP contribution is 2.31. The largest absolute Gasteiger partial charge is 0.508 e. The molecule has 1 fully saturated rings. The van der Waals surface area contributed by atoms with Crippen molar-refractivity contribution in [1.29, 1.82) is 0 Å². The monoisotopic (exact) mass is 325 g/mol. The molecule has 2 aromatic rings. The maximum absolute atomic E-state index is 12.7. The Bertz CT molecular complexity index is 665. The number of rotatable bonds is 7. The van der Waals surface area contributed by atoms with Crippen molar-refractivity contribution >= 4 is 5.91 Å². The number of aromatic hydroxyl groups is 1. The maximum atomic E-state index is 12.7. The molecule has 1 atom stereocenters. The molecule has 0 saturated heterocycles. The van der Waals surface area contributed by atoms with E-state index in [2.05, 4.69) is 0 Å². The van der Waals surface area contributed by atoms with Gasteiger partial charge in [-0.3, -0.25) is 4.79 Å². The van der Waals surface area contributed by atoms with Gasteiger partial charge in [0.1, 0.15) is 5.75 Å². The van der Waals surface area contributed by atoms with Gasteiger partial charge in [0.25, 0.3) is 0 Å². The lowest BCUT2D eigenvalue weighted by atomic mass is 10.1. The third-order valence-corrected chi connectivity index (χ3v) is 4.39. The first kappa shape index (κ1) is 16.5. The van der Waals surface area contributed by atoms with E-state index >= 15 is 0 Å². The molecule has 4 heteroatoms. The first-order chi connectivity index (χ1) is 11.6. The topological polar surface area (TPSA) is 60.8 Å². The van der Waals surface area contributed by atoms with Crippen molar-refractivity contribution in [3.8, 4) is 5.75 Å². The number of hydrogen-bond acceptors (Lipinski definition) is 3. The summed E-state index contributed by atoms with van der Waals surface area (Å²) >= 11 is 0. The smallest absolute Gasteiger partial charge is 0.225 e. The molecule has 126 valence electrons. The number of carbonyl (C=O) groups excluding carboxylic acids is 1. The van der Waals surface area contributed by atoms with E-state index in [1.54, 1.807) is 12.1 Å². The molecule has 0 radical (unpaired) electrons. The van der Waals surface area contributed by atoms with E-state index in [9.17, 15) is 15.0 Å². The third kappa shape index (κ3) is 4.59. The molecule has 1 amide bonds. The van der Waals surface area contributed by atoms with Crippen molar-refractivity contribution < 1.29 is 15.0 Å². The van der Waals surface area contributed by atoms with Crippen LogP contribution < -0.4 is 0 Å². The minimum atomic E-state index is -0.778. The Morgan fingerprint density at radius 2 is 1.75 bits per heavy atom. The van der Waals surface area contributed by atoms with E-state index in [1.165, 1.54) is 12.8 Å². The summed E-state index contributed by atoms with van der Waals surface area (Å²) in [6.45, 7) is 1.25. The molecule has 2 aromatic carbocycles. The van der Waals surface area contributed by atoms with Crippen molar-refractivity contribution in [2.45, 2.75) is 31.9 Å². The van der Waals surface area contributed by atoms with Gasteiger partial charge in [-0.15, -0.1) is 0 Å². The summed E-state index contributed by atoms with van der Waals surface area (Å²) in [7, 11) is 0. The lowest BCUT2D eigenvalue weighted by Crippen LogP contribution is -2.33. The van der Waals surface area contributed by atoms with Crippen molar-refractivity contribution in [3.05, 3.63) is 65.7 Å². The van der Waals surface area contributed by atoms with Crippen LogP contribution in [0.1, 0.15) is 36.5 Å². The molecular formula is C20H23NO3. The number of benzene rings is 2. The van der Waals surface area contributed by atoms with Gasteiger partial charge in [-0.1, -0.05) is 42.5 Å². The number of hydrogen-bond donors (Lipinski definition) is 2. The minimum absolute atomic E-state index is 0.0358. The zero-order chi connectivity index (χ0) is 16.9. The van der Waals surface area contributed by atoms with Gasteiger partial charge >= 0.3 is 0 Å². The summed E-state index contributed by atoms with van der Waals surface area (Å²) in [5.74, 6) is 0.768. The Balaban J connectivity index is 1.65. The Morgan fingerprint density at radius 3 is 2.38 bits per heavy atom. The average molecular weight is 325 g/mol. The van der Waals surface area contributed by atoms with Crippen LogP contribution in [0.2, 0.25) is 0 Å². The molecule has 0 aromatic heterocycles. The van der Waals surface area contributed by atoms with Crippen LogP contribution in [0.3, 0.4) is 0 Å². The Kier molecular flexibility index (Phi) is 5.16. The summed E-state index contributed by atoms with van der Waals surface area (Å²) < 4.78 is 0. The number of phenolic OH excluding ortho intramolecular Hbond substituents is 1. The molecule has 0 bridgehead atoms. The second kappa shape index (κ2) is 7.49. The maximum Gasteiger partial charge on any atom is 0.225 e. The molecule has 1 unspecified atom stereocenters. The summed E-state index contributed by atoms with van der Waals surface area (Å²) in [5.41, 5.74) is 1.75. The van der Waals surface area contributed by atoms with Crippen molar-refractivity contribution in [1.82, 2.24) is 4.90 Å². The normalized spacial score (nSPS) is 15.0. The summed E-state index contributed by atoms with van der Waals surface area (Å²) in [6, 6.07) is 16.2. The van der Waals surface area contributed by atoms with Crippen LogP contribution in [0, 0.1) is 5.92 Å². The zero-order valence-electron chi connectivity index (χ0n) is 13.6. The van der Waals surface area contributed by atoms with E-state index in [-0.39, 0.29) is 18.1 Å². The Hall–Kier alpha value is -2.33.